The van der Waals surface area contributed by atoms with Crippen molar-refractivity contribution in [3.8, 4) is 11.5 Å². The minimum absolute atomic E-state index is 0.325. The van der Waals surface area contributed by atoms with Gasteiger partial charge in [0, 0.05) is 12.1 Å². The van der Waals surface area contributed by atoms with E-state index >= 15 is 0 Å². The second-order valence-electron chi connectivity index (χ2n) is 6.49. The Hall–Kier alpha value is -2.02. The van der Waals surface area contributed by atoms with Crippen LogP contribution >= 0.6 is 12.2 Å². The number of hydrazine groups is 1. The maximum absolute atomic E-state index is 12.4. The van der Waals surface area contributed by atoms with Gasteiger partial charge in [-0.15, -0.1) is 0 Å². The lowest BCUT2D eigenvalue weighted by molar-refractivity contribution is 0.0940. The fourth-order valence-electron chi connectivity index (χ4n) is 3.16. The van der Waals surface area contributed by atoms with Crippen LogP contribution in [0, 0.1) is 11.8 Å². The van der Waals surface area contributed by atoms with Crippen LogP contribution in [0.15, 0.2) is 18.2 Å². The van der Waals surface area contributed by atoms with Crippen molar-refractivity contribution in [3.63, 3.8) is 0 Å². The van der Waals surface area contributed by atoms with E-state index in [0.29, 0.717) is 40.1 Å². The molecule has 0 heterocycles. The molecule has 1 amide bonds. The van der Waals surface area contributed by atoms with Crippen LogP contribution in [-0.2, 0) is 0 Å². The molecule has 3 N–H and O–H groups in total. The molecule has 0 bridgehead atoms. The number of rotatable bonds is 4. The lowest BCUT2D eigenvalue weighted by Gasteiger charge is -2.35. The third-order valence-electron chi connectivity index (χ3n) is 4.97. The number of nitrogens with one attached hydrogen (secondary N) is 3. The van der Waals surface area contributed by atoms with Gasteiger partial charge in [-0.25, -0.2) is 0 Å². The SMILES string of the molecule is COc1ccc(C(=O)NNC(=S)N[C@H]2CCC[C@H](C)[C@H]2C)c(OC)c1. The molecule has 0 aromatic heterocycles. The number of hydrogen-bond acceptors (Lipinski definition) is 4. The lowest BCUT2D eigenvalue weighted by Crippen LogP contribution is -2.52. The molecule has 138 valence electrons. The molecule has 1 aliphatic carbocycles. The van der Waals surface area contributed by atoms with E-state index in [1.807, 2.05) is 0 Å². The van der Waals surface area contributed by atoms with Gasteiger partial charge in [-0.05, 0) is 42.6 Å². The zero-order valence-corrected chi connectivity index (χ0v) is 16.0. The number of amides is 1. The zero-order chi connectivity index (χ0) is 18.4. The van der Waals surface area contributed by atoms with Crippen LogP contribution in [-0.4, -0.2) is 31.3 Å². The average molecular weight is 365 g/mol. The summed E-state index contributed by atoms with van der Waals surface area (Å²) < 4.78 is 10.4. The Kier molecular flexibility index (Phi) is 6.87. The fourth-order valence-corrected chi connectivity index (χ4v) is 3.36. The summed E-state index contributed by atoms with van der Waals surface area (Å²) in [4.78, 5) is 12.4. The second-order valence-corrected chi connectivity index (χ2v) is 6.90. The number of carbonyl (C=O) groups is 1. The van der Waals surface area contributed by atoms with Gasteiger partial charge in [0.2, 0.25) is 0 Å². The second kappa shape index (κ2) is 8.89. The van der Waals surface area contributed by atoms with Crippen molar-refractivity contribution >= 4 is 23.2 Å². The molecular weight excluding hydrogens is 338 g/mol. The summed E-state index contributed by atoms with van der Waals surface area (Å²) in [7, 11) is 3.07. The number of methoxy groups -OCH3 is 2. The molecule has 1 aromatic rings. The van der Waals surface area contributed by atoms with Crippen molar-refractivity contribution in [2.45, 2.75) is 39.2 Å². The van der Waals surface area contributed by atoms with Gasteiger partial charge in [-0.1, -0.05) is 26.7 Å². The highest BCUT2D eigenvalue weighted by atomic mass is 32.1. The van der Waals surface area contributed by atoms with Crippen LogP contribution in [0.1, 0.15) is 43.5 Å². The van der Waals surface area contributed by atoms with Crippen molar-refractivity contribution in [1.82, 2.24) is 16.2 Å². The summed E-state index contributed by atoms with van der Waals surface area (Å²) in [5, 5.41) is 3.73. The Bertz CT molecular complexity index is 624. The first kappa shape index (κ1) is 19.3. The number of thiocarbonyl (C=S) groups is 1. The van der Waals surface area contributed by atoms with E-state index < -0.39 is 0 Å². The summed E-state index contributed by atoms with van der Waals surface area (Å²) >= 11 is 5.31. The summed E-state index contributed by atoms with van der Waals surface area (Å²) in [6.07, 6.45) is 3.54. The molecule has 0 spiro atoms. The molecule has 7 heteroatoms. The predicted octanol–water partition coefficient (Wildman–Crippen LogP) is 2.64. The number of hydrogen-bond donors (Lipinski definition) is 3. The first-order valence-electron chi connectivity index (χ1n) is 8.55. The van der Waals surface area contributed by atoms with Gasteiger partial charge in [0.15, 0.2) is 5.11 Å². The highest BCUT2D eigenvalue weighted by Crippen LogP contribution is 2.29. The van der Waals surface area contributed by atoms with Crippen LogP contribution in [0.4, 0.5) is 0 Å². The van der Waals surface area contributed by atoms with Crippen LogP contribution in [0.2, 0.25) is 0 Å². The minimum Gasteiger partial charge on any atom is -0.497 e. The van der Waals surface area contributed by atoms with E-state index in [2.05, 4.69) is 30.0 Å². The fraction of sp³-hybridized carbons (Fsp3) is 0.556. The number of carbonyl (C=O) groups excluding carboxylic acids is 1. The van der Waals surface area contributed by atoms with Gasteiger partial charge in [-0.2, -0.15) is 0 Å². The van der Waals surface area contributed by atoms with Gasteiger partial charge < -0.3 is 14.8 Å². The molecule has 1 fully saturated rings. The molecule has 1 aromatic carbocycles. The summed E-state index contributed by atoms with van der Waals surface area (Å²) in [6, 6.07) is 5.35. The maximum Gasteiger partial charge on any atom is 0.273 e. The van der Waals surface area contributed by atoms with E-state index in [4.69, 9.17) is 21.7 Å². The third kappa shape index (κ3) is 4.98. The molecule has 0 unspecified atom stereocenters. The molecule has 25 heavy (non-hydrogen) atoms. The Balaban J connectivity index is 1.90. The van der Waals surface area contributed by atoms with Crippen molar-refractivity contribution in [3.05, 3.63) is 23.8 Å². The summed E-state index contributed by atoms with van der Waals surface area (Å²) in [6.45, 7) is 4.51. The smallest absolute Gasteiger partial charge is 0.273 e. The molecule has 0 saturated heterocycles. The molecule has 1 aliphatic rings. The molecule has 0 radical (unpaired) electrons. The van der Waals surface area contributed by atoms with E-state index in [9.17, 15) is 4.79 Å². The predicted molar refractivity (Wildman–Crippen MR) is 102 cm³/mol. The number of benzene rings is 1. The quantitative estimate of drug-likeness (QED) is 0.563. The van der Waals surface area contributed by atoms with Crippen molar-refractivity contribution in [1.29, 1.82) is 0 Å². The van der Waals surface area contributed by atoms with Crippen molar-refractivity contribution in [2.24, 2.45) is 11.8 Å². The van der Waals surface area contributed by atoms with E-state index in [0.717, 1.165) is 6.42 Å². The highest BCUT2D eigenvalue weighted by Gasteiger charge is 2.27. The Labute approximate surface area is 154 Å². The standard InChI is InChI=1S/C18H27N3O3S/c1-11-6-5-7-15(12(11)2)19-18(25)21-20-17(22)14-9-8-13(23-3)10-16(14)24-4/h8-12,15H,5-7H2,1-4H3,(H,20,22)(H2,19,21,25)/t11-,12+,15-/m0/s1. The molecule has 2 rings (SSSR count). The highest BCUT2D eigenvalue weighted by molar-refractivity contribution is 7.80. The molecule has 3 atom stereocenters. The van der Waals surface area contributed by atoms with E-state index in [-0.39, 0.29) is 5.91 Å². The first-order chi connectivity index (χ1) is 12.0. The summed E-state index contributed by atoms with van der Waals surface area (Å²) in [5.41, 5.74) is 5.79. The molecular formula is C18H27N3O3S. The van der Waals surface area contributed by atoms with Gasteiger partial charge in [0.05, 0.1) is 19.8 Å². The first-order valence-corrected chi connectivity index (χ1v) is 8.96. The van der Waals surface area contributed by atoms with Gasteiger partial charge in [0.1, 0.15) is 11.5 Å². The average Bonchev–Trinajstić information content (AvgIpc) is 2.62. The topological polar surface area (TPSA) is 71.6 Å². The lowest BCUT2D eigenvalue weighted by atomic mass is 9.78. The van der Waals surface area contributed by atoms with E-state index in [1.165, 1.54) is 20.0 Å². The molecule has 6 nitrogen and oxygen atoms in total. The van der Waals surface area contributed by atoms with Crippen molar-refractivity contribution in [2.75, 3.05) is 14.2 Å². The maximum atomic E-state index is 12.4. The normalized spacial score (nSPS) is 22.6. The third-order valence-corrected chi connectivity index (χ3v) is 5.19. The van der Waals surface area contributed by atoms with E-state index in [1.54, 1.807) is 25.3 Å². The van der Waals surface area contributed by atoms with Gasteiger partial charge in [0.25, 0.3) is 5.91 Å². The minimum atomic E-state index is -0.325. The van der Waals surface area contributed by atoms with Gasteiger partial charge >= 0.3 is 0 Å². The largest absolute Gasteiger partial charge is 0.497 e. The Morgan fingerprint density at radius 3 is 2.60 bits per heavy atom. The van der Waals surface area contributed by atoms with Crippen LogP contribution < -0.4 is 25.6 Å². The van der Waals surface area contributed by atoms with Crippen molar-refractivity contribution < 1.29 is 14.3 Å². The Morgan fingerprint density at radius 1 is 1.16 bits per heavy atom. The molecule has 1 saturated carbocycles. The number of ether oxygens (including phenoxy) is 2. The van der Waals surface area contributed by atoms with Crippen LogP contribution in [0.25, 0.3) is 0 Å². The zero-order valence-electron chi connectivity index (χ0n) is 15.2. The Morgan fingerprint density at radius 2 is 1.92 bits per heavy atom. The van der Waals surface area contributed by atoms with Gasteiger partial charge in [-0.3, -0.25) is 15.6 Å². The molecule has 0 aliphatic heterocycles. The summed E-state index contributed by atoms with van der Waals surface area (Å²) in [5.74, 6) is 1.96. The van der Waals surface area contributed by atoms with Crippen LogP contribution in [0.3, 0.4) is 0 Å². The monoisotopic (exact) mass is 365 g/mol. The van der Waals surface area contributed by atoms with Crippen LogP contribution in [0.5, 0.6) is 11.5 Å².